The number of carbonyl (C=O) groups is 2. The fourth-order valence-electron chi connectivity index (χ4n) is 3.37. The van der Waals surface area contributed by atoms with E-state index >= 15 is 0 Å². The Balaban J connectivity index is 1.81. The Morgan fingerprint density at radius 2 is 1.75 bits per heavy atom. The average molecular weight is 342 g/mol. The summed E-state index contributed by atoms with van der Waals surface area (Å²) in [7, 11) is 0. The molecule has 2 saturated heterocycles. The summed E-state index contributed by atoms with van der Waals surface area (Å²) in [4.78, 5) is 22.6. The monoisotopic (exact) mass is 342 g/mol. The number of esters is 1. The number of unbranched alkanes of at least 4 members (excludes halogenated alkanes) is 1. The van der Waals surface area contributed by atoms with Gasteiger partial charge in [-0.3, -0.25) is 9.59 Å². The molecule has 1 N–H and O–H groups in total. The Hall–Kier alpha value is -1.14. The molecule has 2 aliphatic rings. The van der Waals surface area contributed by atoms with E-state index in [1.807, 2.05) is 0 Å². The van der Waals surface area contributed by atoms with Crippen molar-refractivity contribution >= 4 is 11.9 Å². The molecule has 5 atom stereocenters. The first kappa shape index (κ1) is 19.2. The summed E-state index contributed by atoms with van der Waals surface area (Å²) in [5, 5.41) is 8.63. The van der Waals surface area contributed by atoms with Crippen LogP contribution in [0.2, 0.25) is 0 Å². The van der Waals surface area contributed by atoms with Crippen LogP contribution in [0.3, 0.4) is 0 Å². The summed E-state index contributed by atoms with van der Waals surface area (Å²) < 4.78 is 17.0. The van der Waals surface area contributed by atoms with E-state index in [0.717, 1.165) is 26.1 Å². The van der Waals surface area contributed by atoms with Gasteiger partial charge < -0.3 is 19.3 Å². The molecule has 2 aliphatic heterocycles. The maximum Gasteiger partial charge on any atom is 0.306 e. The number of ether oxygens (including phenoxy) is 3. The van der Waals surface area contributed by atoms with Crippen LogP contribution in [0, 0.1) is 11.8 Å². The van der Waals surface area contributed by atoms with Crippen LogP contribution in [0.5, 0.6) is 0 Å². The fraction of sp³-hybridized carbons (Fsp3) is 0.889. The van der Waals surface area contributed by atoms with E-state index < -0.39 is 5.97 Å². The molecule has 0 spiro atoms. The number of carboxylic acids is 1. The van der Waals surface area contributed by atoms with Crippen molar-refractivity contribution in [3.8, 4) is 0 Å². The minimum absolute atomic E-state index is 0.0281. The molecule has 2 rings (SSSR count). The van der Waals surface area contributed by atoms with Crippen molar-refractivity contribution in [1.29, 1.82) is 0 Å². The molecule has 6 nitrogen and oxygen atoms in total. The Morgan fingerprint density at radius 1 is 1.08 bits per heavy atom. The lowest BCUT2D eigenvalue weighted by atomic mass is 9.84. The van der Waals surface area contributed by atoms with Gasteiger partial charge in [0.1, 0.15) is 6.10 Å². The zero-order valence-electron chi connectivity index (χ0n) is 14.7. The van der Waals surface area contributed by atoms with Gasteiger partial charge in [-0.15, -0.1) is 0 Å². The van der Waals surface area contributed by atoms with Gasteiger partial charge in [0.15, 0.2) is 0 Å². The van der Waals surface area contributed by atoms with Crippen LogP contribution in [0.4, 0.5) is 0 Å². The standard InChI is InChI=1S/C18H30O6/c1-3-12-10-22-14(12)9-15(18-13(4-2)11-23-18)24-17(21)8-6-5-7-16(19)20/h12-15,18H,3-11H2,1-2H3,(H,19,20). The van der Waals surface area contributed by atoms with Crippen LogP contribution < -0.4 is 0 Å². The summed E-state index contributed by atoms with van der Waals surface area (Å²) in [6.07, 6.45) is 4.04. The summed E-state index contributed by atoms with van der Waals surface area (Å²) >= 11 is 0. The van der Waals surface area contributed by atoms with E-state index in [-0.39, 0.29) is 37.1 Å². The summed E-state index contributed by atoms with van der Waals surface area (Å²) in [5.74, 6) is -0.109. The highest BCUT2D eigenvalue weighted by atomic mass is 16.6. The molecule has 138 valence electrons. The molecule has 2 fully saturated rings. The molecule has 0 bridgehead atoms. The van der Waals surface area contributed by atoms with Gasteiger partial charge in [0, 0.05) is 31.1 Å². The smallest absolute Gasteiger partial charge is 0.306 e. The molecule has 0 radical (unpaired) electrons. The number of carboxylic acid groups (broad SMARTS) is 1. The Bertz CT molecular complexity index is 420. The van der Waals surface area contributed by atoms with Crippen molar-refractivity contribution in [2.45, 2.75) is 77.1 Å². The topological polar surface area (TPSA) is 82.1 Å². The molecule has 0 amide bonds. The average Bonchev–Trinajstić information content (AvgIpc) is 2.47. The Labute approximate surface area is 143 Å². The third-order valence-electron chi connectivity index (χ3n) is 5.20. The lowest BCUT2D eigenvalue weighted by molar-refractivity contribution is -0.210. The van der Waals surface area contributed by atoms with E-state index in [9.17, 15) is 9.59 Å². The highest BCUT2D eigenvalue weighted by Gasteiger charge is 2.43. The number of hydrogen-bond donors (Lipinski definition) is 1. The highest BCUT2D eigenvalue weighted by molar-refractivity contribution is 5.70. The van der Waals surface area contributed by atoms with Gasteiger partial charge in [-0.1, -0.05) is 13.8 Å². The second kappa shape index (κ2) is 9.37. The Morgan fingerprint density at radius 3 is 2.25 bits per heavy atom. The molecule has 6 heteroatoms. The van der Waals surface area contributed by atoms with E-state index in [2.05, 4.69) is 13.8 Å². The summed E-state index contributed by atoms with van der Waals surface area (Å²) in [6, 6.07) is 0. The number of aliphatic carboxylic acids is 1. The SMILES string of the molecule is CCC1COC1CC(OC(=O)CCCCC(=O)O)C1OCC1CC. The molecule has 0 aliphatic carbocycles. The molecule has 0 aromatic carbocycles. The second-order valence-corrected chi connectivity index (χ2v) is 6.87. The van der Waals surface area contributed by atoms with Crippen molar-refractivity contribution in [3.63, 3.8) is 0 Å². The van der Waals surface area contributed by atoms with Crippen LogP contribution in [-0.2, 0) is 23.8 Å². The van der Waals surface area contributed by atoms with Gasteiger partial charge in [0.05, 0.1) is 25.4 Å². The molecule has 0 saturated carbocycles. The largest absolute Gasteiger partial charge is 0.481 e. The van der Waals surface area contributed by atoms with Gasteiger partial charge in [-0.05, 0) is 25.7 Å². The third-order valence-corrected chi connectivity index (χ3v) is 5.20. The number of rotatable bonds is 11. The predicted octanol–water partition coefficient (Wildman–Crippen LogP) is 2.78. The summed E-state index contributed by atoms with van der Waals surface area (Å²) in [5.41, 5.74) is 0. The highest BCUT2D eigenvalue weighted by Crippen LogP contribution is 2.34. The first-order valence-electron chi connectivity index (χ1n) is 9.19. The van der Waals surface area contributed by atoms with Crippen LogP contribution in [0.25, 0.3) is 0 Å². The van der Waals surface area contributed by atoms with Gasteiger partial charge in [0.2, 0.25) is 0 Å². The van der Waals surface area contributed by atoms with Gasteiger partial charge in [-0.2, -0.15) is 0 Å². The van der Waals surface area contributed by atoms with Crippen molar-refractivity contribution in [3.05, 3.63) is 0 Å². The quantitative estimate of drug-likeness (QED) is 0.459. The minimum Gasteiger partial charge on any atom is -0.481 e. The first-order chi connectivity index (χ1) is 11.5. The maximum atomic E-state index is 12.1. The zero-order chi connectivity index (χ0) is 17.5. The van der Waals surface area contributed by atoms with Crippen LogP contribution >= 0.6 is 0 Å². The number of carbonyl (C=O) groups excluding carboxylic acids is 1. The second-order valence-electron chi connectivity index (χ2n) is 6.87. The van der Waals surface area contributed by atoms with Gasteiger partial charge in [0.25, 0.3) is 0 Å². The van der Waals surface area contributed by atoms with Crippen LogP contribution in [0.15, 0.2) is 0 Å². The van der Waals surface area contributed by atoms with Crippen LogP contribution in [0.1, 0.15) is 58.8 Å². The van der Waals surface area contributed by atoms with E-state index in [1.54, 1.807) is 0 Å². The zero-order valence-corrected chi connectivity index (χ0v) is 14.7. The molecular formula is C18H30O6. The molecule has 5 unspecified atom stereocenters. The fourth-order valence-corrected chi connectivity index (χ4v) is 3.37. The minimum atomic E-state index is -0.831. The van der Waals surface area contributed by atoms with E-state index in [4.69, 9.17) is 19.3 Å². The van der Waals surface area contributed by atoms with E-state index in [0.29, 0.717) is 31.1 Å². The molecule has 24 heavy (non-hydrogen) atoms. The Kier molecular flexibility index (Phi) is 7.49. The van der Waals surface area contributed by atoms with Gasteiger partial charge >= 0.3 is 11.9 Å². The molecule has 2 heterocycles. The molecule has 0 aromatic rings. The maximum absolute atomic E-state index is 12.1. The normalized spacial score (nSPS) is 30.1. The lowest BCUT2D eigenvalue weighted by Gasteiger charge is -2.44. The van der Waals surface area contributed by atoms with E-state index in [1.165, 1.54) is 0 Å². The molecule has 0 aromatic heterocycles. The summed E-state index contributed by atoms with van der Waals surface area (Å²) in [6.45, 7) is 5.80. The lowest BCUT2D eigenvalue weighted by Crippen LogP contribution is -2.52. The molecular weight excluding hydrogens is 312 g/mol. The third kappa shape index (κ3) is 5.18. The number of hydrogen-bond acceptors (Lipinski definition) is 5. The van der Waals surface area contributed by atoms with Crippen molar-refractivity contribution in [2.75, 3.05) is 13.2 Å². The van der Waals surface area contributed by atoms with Crippen molar-refractivity contribution in [2.24, 2.45) is 11.8 Å². The van der Waals surface area contributed by atoms with Crippen molar-refractivity contribution in [1.82, 2.24) is 0 Å². The predicted molar refractivity (Wildman–Crippen MR) is 87.6 cm³/mol. The first-order valence-corrected chi connectivity index (χ1v) is 9.19. The van der Waals surface area contributed by atoms with Gasteiger partial charge in [-0.25, -0.2) is 0 Å². The van der Waals surface area contributed by atoms with Crippen molar-refractivity contribution < 1.29 is 28.9 Å². The van der Waals surface area contributed by atoms with Crippen LogP contribution in [-0.4, -0.2) is 48.6 Å².